The Balaban J connectivity index is 2.39. The third-order valence-electron chi connectivity index (χ3n) is 1.34. The molecule has 1 rings (SSSR count). The number of hydrogen-bond donors (Lipinski definition) is 1. The lowest BCUT2D eigenvalue weighted by atomic mass is 10.6. The lowest BCUT2D eigenvalue weighted by molar-refractivity contribution is 0.0818. The molecule has 74 valence electrons. The summed E-state index contributed by atoms with van der Waals surface area (Å²) < 4.78 is 29.7. The van der Waals surface area contributed by atoms with Crippen molar-refractivity contribution in [1.82, 2.24) is 9.78 Å². The van der Waals surface area contributed by atoms with Crippen molar-refractivity contribution in [2.24, 2.45) is 5.73 Å². The Morgan fingerprint density at radius 3 is 3.00 bits per heavy atom. The van der Waals surface area contributed by atoms with Crippen LogP contribution in [0.15, 0.2) is 12.4 Å². The molecule has 0 unspecified atom stereocenters. The summed E-state index contributed by atoms with van der Waals surface area (Å²) in [5.41, 5.74) is 5.27. The quantitative estimate of drug-likeness (QED) is 0.736. The first-order valence-corrected chi connectivity index (χ1v) is 3.86. The van der Waals surface area contributed by atoms with Crippen molar-refractivity contribution in [2.75, 3.05) is 13.2 Å². The topological polar surface area (TPSA) is 53.1 Å². The summed E-state index contributed by atoms with van der Waals surface area (Å²) in [6, 6.07) is 0. The third kappa shape index (κ3) is 3.37. The van der Waals surface area contributed by atoms with E-state index in [1.807, 2.05) is 0 Å². The maximum absolute atomic E-state index is 11.7. The van der Waals surface area contributed by atoms with Gasteiger partial charge in [-0.15, -0.1) is 0 Å². The van der Waals surface area contributed by atoms with Gasteiger partial charge in [-0.05, 0) is 0 Å². The van der Waals surface area contributed by atoms with E-state index in [-0.39, 0.29) is 0 Å². The van der Waals surface area contributed by atoms with Gasteiger partial charge in [0.1, 0.15) is 6.61 Å². The second-order valence-electron chi connectivity index (χ2n) is 2.43. The van der Waals surface area contributed by atoms with Crippen LogP contribution >= 0.6 is 0 Å². The Morgan fingerprint density at radius 1 is 1.62 bits per heavy atom. The highest BCUT2D eigenvalue weighted by Gasteiger charge is 2.04. The summed E-state index contributed by atoms with van der Waals surface area (Å²) in [6.07, 6.45) is 0.464. The predicted molar refractivity (Wildman–Crippen MR) is 42.8 cm³/mol. The first-order valence-electron chi connectivity index (χ1n) is 3.86. The van der Waals surface area contributed by atoms with Crippen LogP contribution in [0.25, 0.3) is 0 Å². The number of rotatable bonds is 5. The summed E-state index contributed by atoms with van der Waals surface area (Å²) in [5, 5.41) is 3.85. The van der Waals surface area contributed by atoms with Crippen molar-refractivity contribution in [3.63, 3.8) is 0 Å². The third-order valence-corrected chi connectivity index (χ3v) is 1.34. The first kappa shape index (κ1) is 9.91. The maximum Gasteiger partial charge on any atom is 0.272 e. The highest BCUT2D eigenvalue weighted by atomic mass is 19.3. The van der Waals surface area contributed by atoms with E-state index in [1.165, 1.54) is 12.4 Å². The van der Waals surface area contributed by atoms with Crippen LogP contribution in [-0.4, -0.2) is 29.4 Å². The molecule has 4 nitrogen and oxygen atoms in total. The molecule has 0 aliphatic carbocycles. The Labute approximate surface area is 74.3 Å². The molecule has 0 bridgehead atoms. The molecule has 0 spiro atoms. The number of ether oxygens (including phenoxy) is 1. The van der Waals surface area contributed by atoms with Crippen LogP contribution in [0.5, 0.6) is 5.75 Å². The molecule has 1 aromatic heterocycles. The molecule has 0 saturated heterocycles. The van der Waals surface area contributed by atoms with Crippen LogP contribution in [0.4, 0.5) is 8.78 Å². The first-order chi connectivity index (χ1) is 6.22. The normalized spacial score (nSPS) is 10.8. The lowest BCUT2D eigenvalue weighted by Crippen LogP contribution is -2.10. The van der Waals surface area contributed by atoms with Crippen molar-refractivity contribution >= 4 is 0 Å². The van der Waals surface area contributed by atoms with Gasteiger partial charge in [-0.25, -0.2) is 8.78 Å². The minimum Gasteiger partial charge on any atom is -0.484 e. The number of halogens is 2. The standard InChI is InChI=1S/C7H11F2N3O/c8-7(9)5-13-6-3-11-12(4-6)2-1-10/h3-4,7H,1-2,5,10H2. The highest BCUT2D eigenvalue weighted by Crippen LogP contribution is 2.08. The number of hydrogen-bond acceptors (Lipinski definition) is 3. The van der Waals surface area contributed by atoms with Gasteiger partial charge in [-0.1, -0.05) is 0 Å². The SMILES string of the molecule is NCCn1cc(OCC(F)F)cn1. The lowest BCUT2D eigenvalue weighted by Gasteiger charge is -2.00. The zero-order valence-electron chi connectivity index (χ0n) is 6.99. The molecule has 0 aromatic carbocycles. The van der Waals surface area contributed by atoms with Crippen LogP contribution in [0.3, 0.4) is 0 Å². The largest absolute Gasteiger partial charge is 0.484 e. The minimum absolute atomic E-state index is 0.341. The molecule has 0 saturated carbocycles. The highest BCUT2D eigenvalue weighted by molar-refractivity contribution is 5.11. The van der Waals surface area contributed by atoms with E-state index in [0.29, 0.717) is 18.8 Å². The molecule has 13 heavy (non-hydrogen) atoms. The molecule has 1 aromatic rings. The van der Waals surface area contributed by atoms with Crippen LogP contribution in [0, 0.1) is 0 Å². The molecule has 0 aliphatic rings. The Kier molecular flexibility index (Phi) is 3.63. The second kappa shape index (κ2) is 4.76. The fraction of sp³-hybridized carbons (Fsp3) is 0.571. The van der Waals surface area contributed by atoms with Gasteiger partial charge in [0.2, 0.25) is 0 Å². The zero-order valence-corrected chi connectivity index (χ0v) is 6.99. The van der Waals surface area contributed by atoms with Gasteiger partial charge in [0, 0.05) is 6.54 Å². The molecule has 0 atom stereocenters. The molecular weight excluding hydrogens is 180 g/mol. The van der Waals surface area contributed by atoms with Crippen molar-refractivity contribution in [1.29, 1.82) is 0 Å². The maximum atomic E-state index is 11.7. The molecule has 6 heteroatoms. The van der Waals surface area contributed by atoms with E-state index in [2.05, 4.69) is 5.10 Å². The average molecular weight is 191 g/mol. The number of nitrogens with two attached hydrogens (primary N) is 1. The summed E-state index contributed by atoms with van der Waals surface area (Å²) in [5.74, 6) is 0.341. The molecule has 0 fully saturated rings. The molecule has 2 N–H and O–H groups in total. The van der Waals surface area contributed by atoms with Gasteiger partial charge >= 0.3 is 0 Å². The predicted octanol–water partition coefficient (Wildman–Crippen LogP) is 0.486. The fourth-order valence-electron chi connectivity index (χ4n) is 0.833. The monoisotopic (exact) mass is 191 g/mol. The molecule has 0 aliphatic heterocycles. The van der Waals surface area contributed by atoms with Crippen LogP contribution in [-0.2, 0) is 6.54 Å². The summed E-state index contributed by atoms with van der Waals surface area (Å²) >= 11 is 0. The molecule has 0 radical (unpaired) electrons. The van der Waals surface area contributed by atoms with Gasteiger partial charge in [-0.2, -0.15) is 5.10 Å². The Morgan fingerprint density at radius 2 is 2.38 bits per heavy atom. The van der Waals surface area contributed by atoms with E-state index in [4.69, 9.17) is 10.5 Å². The molecule has 1 heterocycles. The van der Waals surface area contributed by atoms with Gasteiger partial charge in [0.25, 0.3) is 6.43 Å². The van der Waals surface area contributed by atoms with Crippen LogP contribution in [0.1, 0.15) is 0 Å². The van der Waals surface area contributed by atoms with E-state index >= 15 is 0 Å². The van der Waals surface area contributed by atoms with Crippen molar-refractivity contribution in [3.05, 3.63) is 12.4 Å². The van der Waals surface area contributed by atoms with E-state index in [9.17, 15) is 8.78 Å². The molecular formula is C7H11F2N3O. The van der Waals surface area contributed by atoms with E-state index in [0.717, 1.165) is 0 Å². The smallest absolute Gasteiger partial charge is 0.272 e. The summed E-state index contributed by atoms with van der Waals surface area (Å²) in [7, 11) is 0. The Hall–Kier alpha value is -1.17. The average Bonchev–Trinajstić information content (AvgIpc) is 2.50. The van der Waals surface area contributed by atoms with Crippen molar-refractivity contribution in [3.8, 4) is 5.75 Å². The van der Waals surface area contributed by atoms with Gasteiger partial charge in [-0.3, -0.25) is 4.68 Å². The van der Waals surface area contributed by atoms with Gasteiger partial charge in [0.15, 0.2) is 5.75 Å². The van der Waals surface area contributed by atoms with E-state index in [1.54, 1.807) is 4.68 Å². The number of alkyl halides is 2. The fourth-order valence-corrected chi connectivity index (χ4v) is 0.833. The van der Waals surface area contributed by atoms with Crippen molar-refractivity contribution in [2.45, 2.75) is 13.0 Å². The molecule has 0 amide bonds. The van der Waals surface area contributed by atoms with Gasteiger partial charge in [0.05, 0.1) is 18.9 Å². The van der Waals surface area contributed by atoms with Gasteiger partial charge < -0.3 is 10.5 Å². The summed E-state index contributed by atoms with van der Waals surface area (Å²) in [4.78, 5) is 0. The van der Waals surface area contributed by atoms with E-state index < -0.39 is 13.0 Å². The second-order valence-corrected chi connectivity index (χ2v) is 2.43. The minimum atomic E-state index is -2.46. The van der Waals surface area contributed by atoms with Crippen molar-refractivity contribution < 1.29 is 13.5 Å². The van der Waals surface area contributed by atoms with Crippen LogP contribution < -0.4 is 10.5 Å². The summed E-state index contributed by atoms with van der Waals surface area (Å²) in [6.45, 7) is 0.405. The van der Waals surface area contributed by atoms with Crippen LogP contribution in [0.2, 0.25) is 0 Å². The number of aromatic nitrogens is 2. The number of nitrogens with zero attached hydrogens (tertiary/aromatic N) is 2. The zero-order chi connectivity index (χ0) is 9.68. The Bertz CT molecular complexity index is 252.